The molecule has 0 bridgehead atoms. The number of methoxy groups -OCH3 is 1. The van der Waals surface area contributed by atoms with E-state index in [2.05, 4.69) is 10.1 Å². The van der Waals surface area contributed by atoms with Gasteiger partial charge in [0.05, 0.1) is 35.2 Å². The number of carbonyl (C=O) groups is 2. The predicted molar refractivity (Wildman–Crippen MR) is 94.0 cm³/mol. The van der Waals surface area contributed by atoms with E-state index in [-0.39, 0.29) is 11.7 Å². The standard InChI is InChI=1S/C17H17N3O5S/c1-3-24-16(22)11-4-5-12-14(10-11)26-17(20(12)8-9-23-2)19-15(21)13-6-7-18-25-13/h4-7,10H,3,8-9H2,1-2H3. The zero-order valence-electron chi connectivity index (χ0n) is 14.3. The fraction of sp³-hybridized carbons (Fsp3) is 0.294. The minimum Gasteiger partial charge on any atom is -0.462 e. The Labute approximate surface area is 152 Å². The van der Waals surface area contributed by atoms with Crippen LogP contribution in [0.4, 0.5) is 0 Å². The summed E-state index contributed by atoms with van der Waals surface area (Å²) >= 11 is 1.30. The molecule has 3 rings (SSSR count). The SMILES string of the molecule is CCOC(=O)c1ccc2c(c1)sc(=NC(=O)c1ccno1)n2CCOC. The number of fused-ring (bicyclic) bond motifs is 1. The first kappa shape index (κ1) is 18.0. The topological polar surface area (TPSA) is 95.9 Å². The van der Waals surface area contributed by atoms with E-state index < -0.39 is 5.91 Å². The van der Waals surface area contributed by atoms with Gasteiger partial charge in [-0.15, -0.1) is 0 Å². The third-order valence-electron chi connectivity index (χ3n) is 3.56. The van der Waals surface area contributed by atoms with Crippen LogP contribution in [0.5, 0.6) is 0 Å². The van der Waals surface area contributed by atoms with Crippen molar-refractivity contribution in [3.63, 3.8) is 0 Å². The summed E-state index contributed by atoms with van der Waals surface area (Å²) in [5, 5.41) is 3.52. The number of esters is 1. The van der Waals surface area contributed by atoms with Crippen LogP contribution >= 0.6 is 11.3 Å². The van der Waals surface area contributed by atoms with Gasteiger partial charge in [0.25, 0.3) is 0 Å². The maximum Gasteiger partial charge on any atom is 0.338 e. The molecule has 3 aromatic rings. The molecular formula is C17H17N3O5S. The molecule has 0 N–H and O–H groups in total. The lowest BCUT2D eigenvalue weighted by Gasteiger charge is -2.05. The van der Waals surface area contributed by atoms with E-state index in [1.165, 1.54) is 23.6 Å². The molecule has 136 valence electrons. The van der Waals surface area contributed by atoms with Crippen molar-refractivity contribution in [3.8, 4) is 0 Å². The number of hydrogen-bond donors (Lipinski definition) is 0. The Morgan fingerprint density at radius 1 is 1.35 bits per heavy atom. The number of thiazole rings is 1. The highest BCUT2D eigenvalue weighted by atomic mass is 32.1. The summed E-state index contributed by atoms with van der Waals surface area (Å²) in [5.41, 5.74) is 1.30. The van der Waals surface area contributed by atoms with E-state index in [0.717, 1.165) is 10.2 Å². The van der Waals surface area contributed by atoms with Crippen molar-refractivity contribution in [1.82, 2.24) is 9.72 Å². The second-order valence-corrected chi connectivity index (χ2v) is 6.23. The lowest BCUT2D eigenvalue weighted by molar-refractivity contribution is 0.0526. The van der Waals surface area contributed by atoms with E-state index in [9.17, 15) is 9.59 Å². The van der Waals surface area contributed by atoms with Gasteiger partial charge in [-0.3, -0.25) is 4.79 Å². The van der Waals surface area contributed by atoms with Crippen molar-refractivity contribution in [2.24, 2.45) is 4.99 Å². The maximum atomic E-state index is 12.2. The highest BCUT2D eigenvalue weighted by molar-refractivity contribution is 7.16. The molecule has 0 atom stereocenters. The minimum atomic E-state index is -0.522. The van der Waals surface area contributed by atoms with Gasteiger partial charge in [-0.1, -0.05) is 16.5 Å². The summed E-state index contributed by atoms with van der Waals surface area (Å²) in [4.78, 5) is 28.8. The van der Waals surface area contributed by atoms with Gasteiger partial charge < -0.3 is 18.6 Å². The number of nitrogens with zero attached hydrogens (tertiary/aromatic N) is 3. The van der Waals surface area contributed by atoms with Crippen molar-refractivity contribution in [1.29, 1.82) is 0 Å². The fourth-order valence-corrected chi connectivity index (χ4v) is 3.46. The lowest BCUT2D eigenvalue weighted by Crippen LogP contribution is -2.19. The average Bonchev–Trinajstić information content (AvgIpc) is 3.27. The second-order valence-electron chi connectivity index (χ2n) is 5.23. The van der Waals surface area contributed by atoms with Crippen LogP contribution in [0.2, 0.25) is 0 Å². The summed E-state index contributed by atoms with van der Waals surface area (Å²) < 4.78 is 17.7. The van der Waals surface area contributed by atoms with Crippen molar-refractivity contribution in [3.05, 3.63) is 46.6 Å². The maximum absolute atomic E-state index is 12.2. The molecule has 1 aromatic carbocycles. The quantitative estimate of drug-likeness (QED) is 0.613. The van der Waals surface area contributed by atoms with Crippen molar-refractivity contribution < 1.29 is 23.6 Å². The first-order chi connectivity index (χ1) is 12.6. The first-order valence-electron chi connectivity index (χ1n) is 7.93. The van der Waals surface area contributed by atoms with E-state index in [0.29, 0.717) is 30.1 Å². The van der Waals surface area contributed by atoms with Gasteiger partial charge in [-0.2, -0.15) is 4.99 Å². The Balaban J connectivity index is 2.08. The van der Waals surface area contributed by atoms with Crippen molar-refractivity contribution in [2.45, 2.75) is 13.5 Å². The molecule has 0 unspecified atom stereocenters. The van der Waals surface area contributed by atoms with Crippen LogP contribution in [0.15, 0.2) is 40.0 Å². The summed E-state index contributed by atoms with van der Waals surface area (Å²) in [7, 11) is 1.60. The van der Waals surface area contributed by atoms with Crippen LogP contribution in [0, 0.1) is 0 Å². The number of aromatic nitrogens is 2. The molecule has 0 aliphatic rings. The first-order valence-corrected chi connectivity index (χ1v) is 8.75. The zero-order chi connectivity index (χ0) is 18.5. The molecule has 0 spiro atoms. The van der Waals surface area contributed by atoms with Gasteiger partial charge in [0.2, 0.25) is 5.76 Å². The van der Waals surface area contributed by atoms with Crippen LogP contribution in [0.1, 0.15) is 27.8 Å². The summed E-state index contributed by atoms with van der Waals surface area (Å²) in [5.74, 6) is -0.846. The molecule has 0 aliphatic heterocycles. The molecule has 0 fully saturated rings. The molecule has 26 heavy (non-hydrogen) atoms. The van der Waals surface area contributed by atoms with Crippen LogP contribution in [0.3, 0.4) is 0 Å². The average molecular weight is 375 g/mol. The number of benzene rings is 1. The molecule has 2 heterocycles. The lowest BCUT2D eigenvalue weighted by atomic mass is 10.2. The van der Waals surface area contributed by atoms with Crippen LogP contribution in [0.25, 0.3) is 10.2 Å². The Kier molecular flexibility index (Phi) is 5.59. The van der Waals surface area contributed by atoms with Crippen LogP contribution < -0.4 is 4.80 Å². The largest absolute Gasteiger partial charge is 0.462 e. The summed E-state index contributed by atoms with van der Waals surface area (Å²) in [6, 6.07) is 6.70. The zero-order valence-corrected chi connectivity index (χ0v) is 15.1. The Bertz CT molecular complexity index is 988. The molecule has 0 saturated heterocycles. The number of hydrogen-bond acceptors (Lipinski definition) is 7. The van der Waals surface area contributed by atoms with E-state index in [4.69, 9.17) is 14.0 Å². The summed E-state index contributed by atoms with van der Waals surface area (Å²) in [6.45, 7) is 3.03. The Morgan fingerprint density at radius 3 is 2.88 bits per heavy atom. The highest BCUT2D eigenvalue weighted by Crippen LogP contribution is 2.20. The molecule has 0 saturated carbocycles. The van der Waals surface area contributed by atoms with Crippen molar-refractivity contribution in [2.75, 3.05) is 20.3 Å². The van der Waals surface area contributed by atoms with Gasteiger partial charge in [0.1, 0.15) is 0 Å². The van der Waals surface area contributed by atoms with Gasteiger partial charge in [-0.05, 0) is 25.1 Å². The van der Waals surface area contributed by atoms with Crippen LogP contribution in [-0.2, 0) is 16.0 Å². The van der Waals surface area contributed by atoms with E-state index in [1.807, 2.05) is 10.6 Å². The normalized spacial score (nSPS) is 11.8. The third-order valence-corrected chi connectivity index (χ3v) is 4.60. The fourth-order valence-electron chi connectivity index (χ4n) is 2.37. The van der Waals surface area contributed by atoms with Gasteiger partial charge in [0.15, 0.2) is 4.80 Å². The molecule has 2 aromatic heterocycles. The molecular weight excluding hydrogens is 358 g/mol. The predicted octanol–water partition coefficient (Wildman–Crippen LogP) is 2.25. The third kappa shape index (κ3) is 3.73. The van der Waals surface area contributed by atoms with E-state index in [1.54, 1.807) is 26.2 Å². The second kappa shape index (κ2) is 8.07. The van der Waals surface area contributed by atoms with Crippen LogP contribution in [-0.4, -0.2) is 41.9 Å². The smallest absolute Gasteiger partial charge is 0.338 e. The molecule has 9 heteroatoms. The van der Waals surface area contributed by atoms with Gasteiger partial charge in [0, 0.05) is 19.7 Å². The summed E-state index contributed by atoms with van der Waals surface area (Å²) in [6.07, 6.45) is 1.39. The highest BCUT2D eigenvalue weighted by Gasteiger charge is 2.14. The van der Waals surface area contributed by atoms with E-state index >= 15 is 0 Å². The van der Waals surface area contributed by atoms with Gasteiger partial charge >= 0.3 is 11.9 Å². The number of amides is 1. The minimum absolute atomic E-state index is 0.0629. The number of carbonyl (C=O) groups excluding carboxylic acids is 2. The molecule has 8 nitrogen and oxygen atoms in total. The van der Waals surface area contributed by atoms with Gasteiger partial charge in [-0.25, -0.2) is 4.79 Å². The molecule has 1 amide bonds. The Hall–Kier alpha value is -2.78. The number of ether oxygens (including phenoxy) is 2. The Morgan fingerprint density at radius 2 is 2.19 bits per heavy atom. The molecule has 0 aliphatic carbocycles. The monoisotopic (exact) mass is 375 g/mol. The molecule has 0 radical (unpaired) electrons. The van der Waals surface area contributed by atoms with Crippen molar-refractivity contribution >= 4 is 33.4 Å². The number of rotatable bonds is 6.